The summed E-state index contributed by atoms with van der Waals surface area (Å²) in [6.45, 7) is 0.504. The molecule has 2 N–H and O–H groups in total. The number of aromatic nitrogens is 2. The Morgan fingerprint density at radius 3 is 2.63 bits per heavy atom. The van der Waals surface area contributed by atoms with Crippen molar-refractivity contribution in [1.29, 1.82) is 0 Å². The van der Waals surface area contributed by atoms with Crippen LogP contribution in [0.15, 0.2) is 30.3 Å². The van der Waals surface area contributed by atoms with Gasteiger partial charge in [-0.2, -0.15) is 5.10 Å². The van der Waals surface area contributed by atoms with E-state index in [0.29, 0.717) is 18.0 Å². The maximum atomic E-state index is 13.0. The number of nitrogens with one attached hydrogen (secondary N) is 2. The molecule has 0 spiro atoms. The van der Waals surface area contributed by atoms with Crippen molar-refractivity contribution in [2.75, 3.05) is 13.2 Å². The quantitative estimate of drug-likeness (QED) is 0.759. The number of ether oxygens (including phenoxy) is 1. The Balaban J connectivity index is 1.39. The van der Waals surface area contributed by atoms with Gasteiger partial charge in [0, 0.05) is 12.6 Å². The fraction of sp³-hybridized carbons (Fsp3) is 0.500. The summed E-state index contributed by atoms with van der Waals surface area (Å²) in [6.07, 6.45) is 7.04. The molecule has 1 aliphatic heterocycles. The molecule has 8 heteroatoms. The van der Waals surface area contributed by atoms with Gasteiger partial charge in [-0.3, -0.25) is 14.7 Å². The fourth-order valence-corrected chi connectivity index (χ4v) is 4.27. The smallest absolute Gasteiger partial charge is 0.271 e. The van der Waals surface area contributed by atoms with Gasteiger partial charge in [0.1, 0.15) is 17.3 Å². The van der Waals surface area contributed by atoms with E-state index >= 15 is 0 Å². The number of hydrogen-bond acceptors (Lipinski definition) is 4. The molecule has 1 atom stereocenters. The van der Waals surface area contributed by atoms with Crippen LogP contribution in [-0.2, 0) is 4.79 Å². The highest BCUT2D eigenvalue weighted by atomic mass is 19.1. The molecular formula is C22H27FN4O3. The topological polar surface area (TPSA) is 87.3 Å². The number of benzene rings is 1. The number of H-pyrrole nitrogens is 1. The summed E-state index contributed by atoms with van der Waals surface area (Å²) in [5.74, 6) is -0.212. The van der Waals surface area contributed by atoms with E-state index in [2.05, 4.69) is 15.5 Å². The van der Waals surface area contributed by atoms with Gasteiger partial charge in [0.25, 0.3) is 11.8 Å². The number of amides is 2. The molecule has 1 saturated heterocycles. The molecule has 160 valence electrons. The predicted octanol–water partition coefficient (Wildman–Crippen LogP) is 3.35. The summed E-state index contributed by atoms with van der Waals surface area (Å²) < 4.78 is 18.5. The molecule has 0 bridgehead atoms. The van der Waals surface area contributed by atoms with Crippen LogP contribution < -0.4 is 10.1 Å². The first-order valence-corrected chi connectivity index (χ1v) is 10.6. The van der Waals surface area contributed by atoms with E-state index in [4.69, 9.17) is 4.74 Å². The van der Waals surface area contributed by atoms with Crippen LogP contribution in [-0.4, -0.2) is 46.1 Å². The van der Waals surface area contributed by atoms with Crippen molar-refractivity contribution in [3.8, 4) is 5.75 Å². The molecule has 1 aromatic carbocycles. The summed E-state index contributed by atoms with van der Waals surface area (Å²) in [5.41, 5.74) is 1.12. The van der Waals surface area contributed by atoms with Gasteiger partial charge in [-0.1, -0.05) is 12.8 Å². The van der Waals surface area contributed by atoms with Gasteiger partial charge in [-0.25, -0.2) is 4.39 Å². The molecule has 1 saturated carbocycles. The SMILES string of the molecule is O=C(NC1CCCC1)c1cc(C2CCCCN2C(=O)COc2ccc(F)cc2)[nH]n1. The Labute approximate surface area is 175 Å². The van der Waals surface area contributed by atoms with E-state index in [1.807, 2.05) is 0 Å². The van der Waals surface area contributed by atoms with Gasteiger partial charge < -0.3 is 15.0 Å². The number of aromatic amines is 1. The normalized spacial score (nSPS) is 19.6. The zero-order chi connectivity index (χ0) is 20.9. The Morgan fingerprint density at radius 2 is 1.87 bits per heavy atom. The molecule has 2 aliphatic rings. The monoisotopic (exact) mass is 414 g/mol. The highest BCUT2D eigenvalue weighted by molar-refractivity contribution is 5.92. The minimum atomic E-state index is -0.350. The Bertz CT molecular complexity index is 877. The third-order valence-electron chi connectivity index (χ3n) is 5.88. The third kappa shape index (κ3) is 4.80. The van der Waals surface area contributed by atoms with Crippen molar-refractivity contribution in [2.24, 2.45) is 0 Å². The van der Waals surface area contributed by atoms with Gasteiger partial charge in [-0.15, -0.1) is 0 Å². The molecule has 1 aromatic heterocycles. The van der Waals surface area contributed by atoms with E-state index in [0.717, 1.165) is 50.6 Å². The summed E-state index contributed by atoms with van der Waals surface area (Å²) >= 11 is 0. The maximum absolute atomic E-state index is 13.0. The average molecular weight is 414 g/mol. The summed E-state index contributed by atoms with van der Waals surface area (Å²) in [6, 6.07) is 7.42. The largest absolute Gasteiger partial charge is 0.484 e. The van der Waals surface area contributed by atoms with Crippen molar-refractivity contribution in [3.63, 3.8) is 0 Å². The van der Waals surface area contributed by atoms with Crippen molar-refractivity contribution in [3.05, 3.63) is 47.5 Å². The van der Waals surface area contributed by atoms with Crippen LogP contribution in [0.1, 0.15) is 67.2 Å². The Morgan fingerprint density at radius 1 is 1.13 bits per heavy atom. The molecule has 2 aromatic rings. The van der Waals surface area contributed by atoms with Crippen molar-refractivity contribution < 1.29 is 18.7 Å². The molecule has 2 heterocycles. The first-order chi connectivity index (χ1) is 14.6. The lowest BCUT2D eigenvalue weighted by atomic mass is 9.99. The first-order valence-electron chi connectivity index (χ1n) is 10.6. The molecule has 7 nitrogen and oxygen atoms in total. The van der Waals surface area contributed by atoms with Crippen molar-refractivity contribution in [2.45, 2.75) is 57.0 Å². The second-order valence-electron chi connectivity index (χ2n) is 8.00. The molecule has 1 aliphatic carbocycles. The molecule has 0 radical (unpaired) electrons. The zero-order valence-electron chi connectivity index (χ0n) is 16.9. The lowest BCUT2D eigenvalue weighted by Gasteiger charge is -2.35. The number of nitrogens with zero attached hydrogens (tertiary/aromatic N) is 2. The molecule has 4 rings (SSSR count). The van der Waals surface area contributed by atoms with E-state index in [1.54, 1.807) is 11.0 Å². The van der Waals surface area contributed by atoms with Gasteiger partial charge in [0.15, 0.2) is 6.61 Å². The van der Waals surface area contributed by atoms with Gasteiger partial charge in [-0.05, 0) is 62.4 Å². The highest BCUT2D eigenvalue weighted by Gasteiger charge is 2.30. The number of carbonyl (C=O) groups is 2. The fourth-order valence-electron chi connectivity index (χ4n) is 4.27. The maximum Gasteiger partial charge on any atom is 0.271 e. The highest BCUT2D eigenvalue weighted by Crippen LogP contribution is 2.30. The lowest BCUT2D eigenvalue weighted by molar-refractivity contribution is -0.137. The minimum Gasteiger partial charge on any atom is -0.484 e. The van der Waals surface area contributed by atoms with E-state index < -0.39 is 0 Å². The standard InChI is InChI=1S/C22H27FN4O3/c23-15-8-10-17(11-9-15)30-14-21(28)27-12-4-3-7-20(27)18-13-19(26-25-18)22(29)24-16-5-1-2-6-16/h8-11,13,16,20H,1-7,12,14H2,(H,24,29)(H,25,26). The van der Waals surface area contributed by atoms with Crippen LogP contribution in [0.5, 0.6) is 5.75 Å². The van der Waals surface area contributed by atoms with Gasteiger partial charge >= 0.3 is 0 Å². The van der Waals surface area contributed by atoms with Gasteiger partial charge in [0.05, 0.1) is 11.7 Å². The average Bonchev–Trinajstić information content (AvgIpc) is 3.45. The van der Waals surface area contributed by atoms with Crippen molar-refractivity contribution in [1.82, 2.24) is 20.4 Å². The lowest BCUT2D eigenvalue weighted by Crippen LogP contribution is -2.41. The number of rotatable bonds is 6. The second-order valence-corrected chi connectivity index (χ2v) is 8.00. The third-order valence-corrected chi connectivity index (χ3v) is 5.88. The predicted molar refractivity (Wildman–Crippen MR) is 109 cm³/mol. The van der Waals surface area contributed by atoms with Crippen LogP contribution in [0.4, 0.5) is 4.39 Å². The summed E-state index contributed by atoms with van der Waals surface area (Å²) in [5, 5.41) is 10.2. The van der Waals surface area contributed by atoms with Crippen LogP contribution in [0.25, 0.3) is 0 Å². The number of likely N-dealkylation sites (tertiary alicyclic amines) is 1. The Kier molecular flexibility index (Phi) is 6.30. The second kappa shape index (κ2) is 9.28. The molecular weight excluding hydrogens is 387 g/mol. The molecule has 30 heavy (non-hydrogen) atoms. The zero-order valence-corrected chi connectivity index (χ0v) is 16.9. The minimum absolute atomic E-state index is 0.120. The summed E-state index contributed by atoms with van der Waals surface area (Å²) in [4.78, 5) is 27.1. The molecule has 2 amide bonds. The van der Waals surface area contributed by atoms with Crippen LogP contribution in [0.2, 0.25) is 0 Å². The van der Waals surface area contributed by atoms with Crippen LogP contribution in [0.3, 0.4) is 0 Å². The van der Waals surface area contributed by atoms with Crippen LogP contribution in [0, 0.1) is 5.82 Å². The number of hydrogen-bond donors (Lipinski definition) is 2. The number of halogens is 1. The number of carbonyl (C=O) groups excluding carboxylic acids is 2. The molecule has 1 unspecified atom stereocenters. The number of piperidine rings is 1. The van der Waals surface area contributed by atoms with Crippen LogP contribution >= 0.6 is 0 Å². The van der Waals surface area contributed by atoms with E-state index in [-0.39, 0.29) is 36.3 Å². The Hall–Kier alpha value is -2.90. The van der Waals surface area contributed by atoms with E-state index in [9.17, 15) is 14.0 Å². The summed E-state index contributed by atoms with van der Waals surface area (Å²) in [7, 11) is 0. The first kappa shape index (κ1) is 20.4. The van der Waals surface area contributed by atoms with Gasteiger partial charge in [0.2, 0.25) is 0 Å². The van der Waals surface area contributed by atoms with Crippen molar-refractivity contribution >= 4 is 11.8 Å². The van der Waals surface area contributed by atoms with E-state index in [1.165, 1.54) is 24.3 Å². The molecule has 2 fully saturated rings.